The number of furan rings is 2. The van der Waals surface area contributed by atoms with Crippen LogP contribution in [0.15, 0.2) is 173 Å². The van der Waals surface area contributed by atoms with Crippen molar-refractivity contribution < 1.29 is 15.7 Å². The molecule has 50 heavy (non-hydrogen) atoms. The zero-order valence-electron chi connectivity index (χ0n) is 31.4. The fraction of sp³-hybridized carbons (Fsp3) is 0. The fourth-order valence-corrected chi connectivity index (χ4v) is 6.59. The van der Waals surface area contributed by atoms with Gasteiger partial charge in [-0.3, -0.25) is 0 Å². The minimum absolute atomic E-state index is 0.136. The van der Waals surface area contributed by atoms with E-state index in [0.717, 1.165) is 66.1 Å². The molecule has 0 aliphatic heterocycles. The predicted octanol–water partition coefficient (Wildman–Crippen LogP) is 12.0. The van der Waals surface area contributed by atoms with Crippen molar-refractivity contribution in [2.24, 2.45) is 0 Å². The van der Waals surface area contributed by atoms with Gasteiger partial charge in [-0.2, -0.15) is 0 Å². The Bertz CT molecular complexity index is 3130. The first kappa shape index (κ1) is 23.5. The zero-order valence-corrected chi connectivity index (χ0v) is 26.4. The Morgan fingerprint density at radius 2 is 0.940 bits per heavy atom. The van der Waals surface area contributed by atoms with Crippen molar-refractivity contribution in [3.8, 4) is 56.4 Å². The van der Waals surface area contributed by atoms with Crippen LogP contribution in [0.1, 0.15) is 6.85 Å². The molecule has 0 N–H and O–H groups in total. The molecular formula is C45H27N3O2. The van der Waals surface area contributed by atoms with Crippen molar-refractivity contribution in [3.05, 3.63) is 164 Å². The third-order valence-corrected chi connectivity index (χ3v) is 9.04. The molecule has 5 heteroatoms. The van der Waals surface area contributed by atoms with E-state index in [1.54, 1.807) is 24.3 Å². The van der Waals surface area contributed by atoms with E-state index >= 15 is 0 Å². The van der Waals surface area contributed by atoms with Gasteiger partial charge in [-0.05, 0) is 53.1 Å². The molecule has 234 valence electrons. The Morgan fingerprint density at radius 3 is 1.70 bits per heavy atom. The SMILES string of the molecule is [2H]c1c([2H])c([2H])c(-c2ccc(-c3nc(-c4ccccc4)nc(-c4ccc5oc6ccc(-c7cccc8c7oc7ccccc78)cc6c5c4)n3)cc2)c([2H])c1[2H]. The van der Waals surface area contributed by atoms with E-state index in [4.69, 9.17) is 30.6 Å². The average molecular weight is 647 g/mol. The molecule has 0 atom stereocenters. The summed E-state index contributed by atoms with van der Waals surface area (Å²) in [5.41, 5.74) is 8.08. The Labute approximate surface area is 294 Å². The van der Waals surface area contributed by atoms with E-state index < -0.39 is 6.04 Å². The highest BCUT2D eigenvalue weighted by atomic mass is 16.3. The number of aromatic nitrogens is 3. The van der Waals surface area contributed by atoms with Gasteiger partial charge in [0.1, 0.15) is 22.3 Å². The van der Waals surface area contributed by atoms with Gasteiger partial charge < -0.3 is 8.83 Å². The molecule has 10 aromatic rings. The van der Waals surface area contributed by atoms with Gasteiger partial charge in [0.05, 0.1) is 6.85 Å². The first-order valence-corrected chi connectivity index (χ1v) is 16.2. The lowest BCUT2D eigenvalue weighted by Gasteiger charge is -2.09. The summed E-state index contributed by atoms with van der Waals surface area (Å²) in [4.78, 5) is 14.7. The minimum Gasteiger partial charge on any atom is -0.456 e. The standard InChI is InChI=1S/C45H27N3O2/c1-3-10-28(11-4-1)29-18-20-31(21-19-29)44-46-43(30-12-5-2-6-13-30)47-45(48-44)33-23-25-41-38(27-33)37-26-32(22-24-40(37)49-41)34-15-9-16-36-35-14-7-8-17-39(35)50-42(34)36/h1-27H/i1D,3D,4D,10D,11D. The highest BCUT2D eigenvalue weighted by Crippen LogP contribution is 2.39. The van der Waals surface area contributed by atoms with E-state index in [2.05, 4.69) is 36.4 Å². The maximum absolute atomic E-state index is 8.43. The monoisotopic (exact) mass is 646 g/mol. The van der Waals surface area contributed by atoms with Crippen LogP contribution in [0.5, 0.6) is 0 Å². The van der Waals surface area contributed by atoms with Gasteiger partial charge in [-0.1, -0.05) is 127 Å². The van der Waals surface area contributed by atoms with Crippen LogP contribution in [-0.4, -0.2) is 15.0 Å². The molecule has 7 aromatic carbocycles. The zero-order chi connectivity index (χ0) is 37.4. The molecular weight excluding hydrogens is 615 g/mol. The van der Waals surface area contributed by atoms with Crippen molar-refractivity contribution in [1.82, 2.24) is 15.0 Å². The van der Waals surface area contributed by atoms with E-state index in [1.165, 1.54) is 0 Å². The molecule has 0 aliphatic rings. The van der Waals surface area contributed by atoms with Gasteiger partial charge in [0, 0.05) is 43.8 Å². The van der Waals surface area contributed by atoms with Gasteiger partial charge in [0.25, 0.3) is 0 Å². The Hall–Kier alpha value is -6.85. The first-order chi connectivity index (χ1) is 26.8. The lowest BCUT2D eigenvalue weighted by atomic mass is 10.00. The second kappa shape index (κ2) is 11.4. The Balaban J connectivity index is 1.09. The topological polar surface area (TPSA) is 65.0 Å². The second-order valence-electron chi connectivity index (χ2n) is 12.1. The largest absolute Gasteiger partial charge is 0.456 e. The van der Waals surface area contributed by atoms with E-state index in [9.17, 15) is 0 Å². The number of benzene rings is 7. The molecule has 3 aromatic heterocycles. The van der Waals surface area contributed by atoms with Crippen LogP contribution >= 0.6 is 0 Å². The van der Waals surface area contributed by atoms with Crippen LogP contribution in [0.25, 0.3) is 100 Å². The predicted molar refractivity (Wildman–Crippen MR) is 202 cm³/mol. The van der Waals surface area contributed by atoms with Gasteiger partial charge in [-0.25, -0.2) is 15.0 Å². The van der Waals surface area contributed by atoms with Crippen LogP contribution in [0.3, 0.4) is 0 Å². The van der Waals surface area contributed by atoms with Crippen LogP contribution in [0.4, 0.5) is 0 Å². The molecule has 10 rings (SSSR count). The lowest BCUT2D eigenvalue weighted by Crippen LogP contribution is -2.00. The Kier molecular flexibility index (Phi) is 5.35. The molecule has 0 spiro atoms. The van der Waals surface area contributed by atoms with Crippen molar-refractivity contribution in [2.45, 2.75) is 0 Å². The summed E-state index contributed by atoms with van der Waals surface area (Å²) >= 11 is 0. The highest BCUT2D eigenvalue weighted by Gasteiger charge is 2.17. The third kappa shape index (κ3) is 4.75. The van der Waals surface area contributed by atoms with E-state index in [0.29, 0.717) is 28.6 Å². The maximum atomic E-state index is 8.43. The molecule has 0 amide bonds. The van der Waals surface area contributed by atoms with Gasteiger partial charge in [0.15, 0.2) is 17.5 Å². The molecule has 0 radical (unpaired) electrons. The molecule has 0 fully saturated rings. The smallest absolute Gasteiger partial charge is 0.164 e. The summed E-state index contributed by atoms with van der Waals surface area (Å²) in [6.45, 7) is 0. The van der Waals surface area contributed by atoms with Gasteiger partial charge in [-0.15, -0.1) is 0 Å². The van der Waals surface area contributed by atoms with Crippen molar-refractivity contribution in [3.63, 3.8) is 0 Å². The van der Waals surface area contributed by atoms with Gasteiger partial charge in [0.2, 0.25) is 0 Å². The number of fused-ring (bicyclic) bond motifs is 6. The van der Waals surface area contributed by atoms with Crippen molar-refractivity contribution in [2.75, 3.05) is 0 Å². The highest BCUT2D eigenvalue weighted by molar-refractivity contribution is 6.12. The van der Waals surface area contributed by atoms with E-state index in [-0.39, 0.29) is 29.7 Å². The second-order valence-corrected chi connectivity index (χ2v) is 12.1. The summed E-state index contributed by atoms with van der Waals surface area (Å²) in [6.07, 6.45) is 0. The van der Waals surface area contributed by atoms with Crippen LogP contribution < -0.4 is 0 Å². The minimum atomic E-state index is -0.427. The molecule has 0 saturated carbocycles. The number of nitrogens with zero attached hydrogens (tertiary/aromatic N) is 3. The summed E-state index contributed by atoms with van der Waals surface area (Å²) in [5.74, 6) is 1.39. The van der Waals surface area contributed by atoms with Crippen molar-refractivity contribution >= 4 is 43.9 Å². The molecule has 5 nitrogen and oxygen atoms in total. The number of rotatable bonds is 5. The number of hydrogen-bond acceptors (Lipinski definition) is 5. The summed E-state index contributed by atoms with van der Waals surface area (Å²) in [7, 11) is 0. The first-order valence-electron chi connectivity index (χ1n) is 18.7. The van der Waals surface area contributed by atoms with Gasteiger partial charge >= 0.3 is 0 Å². The summed E-state index contributed by atoms with van der Waals surface area (Å²) < 4.78 is 53.7. The number of para-hydroxylation sites is 2. The quantitative estimate of drug-likeness (QED) is 0.186. The molecule has 3 heterocycles. The van der Waals surface area contributed by atoms with Crippen molar-refractivity contribution in [1.29, 1.82) is 0 Å². The van der Waals surface area contributed by atoms with Crippen LogP contribution in [-0.2, 0) is 0 Å². The summed E-state index contributed by atoms with van der Waals surface area (Å²) in [5, 5.41) is 4.01. The fourth-order valence-electron chi connectivity index (χ4n) is 6.59. The van der Waals surface area contributed by atoms with Crippen LogP contribution in [0.2, 0.25) is 0 Å². The molecule has 0 unspecified atom stereocenters. The molecule has 0 saturated heterocycles. The maximum Gasteiger partial charge on any atom is 0.164 e. The van der Waals surface area contributed by atoms with E-state index in [1.807, 2.05) is 72.8 Å². The van der Waals surface area contributed by atoms with Crippen LogP contribution in [0, 0.1) is 0 Å². The molecule has 0 aliphatic carbocycles. The molecule has 0 bridgehead atoms. The third-order valence-electron chi connectivity index (χ3n) is 9.04. The Morgan fingerprint density at radius 1 is 0.380 bits per heavy atom. The summed E-state index contributed by atoms with van der Waals surface area (Å²) in [6, 6.07) is 41.4. The lowest BCUT2D eigenvalue weighted by molar-refractivity contribution is 0.668. The average Bonchev–Trinajstić information content (AvgIpc) is 3.80. The normalized spacial score (nSPS) is 13.0. The number of hydrogen-bond donors (Lipinski definition) is 0.